The van der Waals surface area contributed by atoms with E-state index in [1.165, 1.54) is 7.11 Å². The molecule has 0 aliphatic carbocycles. The fourth-order valence-corrected chi connectivity index (χ4v) is 0.918. The van der Waals surface area contributed by atoms with E-state index in [1.807, 2.05) is 0 Å². The second-order valence-electron chi connectivity index (χ2n) is 2.32. The van der Waals surface area contributed by atoms with Crippen molar-refractivity contribution in [3.8, 4) is 0 Å². The van der Waals surface area contributed by atoms with Crippen molar-refractivity contribution in [2.75, 3.05) is 7.11 Å². The Morgan fingerprint density at radius 2 is 2.67 bits per heavy atom. The summed E-state index contributed by atoms with van der Waals surface area (Å²) in [6.07, 6.45) is 1.10. The van der Waals surface area contributed by atoms with Crippen LogP contribution >= 0.6 is 0 Å². The maximum Gasteiger partial charge on any atom is 0.306 e. The zero-order valence-corrected chi connectivity index (χ0v) is 6.65. The number of hydrogen-bond acceptors (Lipinski definition) is 3. The van der Waals surface area contributed by atoms with Crippen molar-refractivity contribution in [1.82, 2.24) is 10.2 Å². The predicted octanol–water partition coefficient (Wildman–Crippen LogP) is 0.572. The van der Waals surface area contributed by atoms with Gasteiger partial charge < -0.3 is 9.84 Å². The largest absolute Gasteiger partial charge is 0.481 e. The Kier molecular flexibility index (Phi) is 2.82. The average Bonchev–Trinajstić information content (AvgIpc) is 2.51. The van der Waals surface area contributed by atoms with E-state index in [4.69, 9.17) is 9.84 Å². The van der Waals surface area contributed by atoms with Crippen molar-refractivity contribution in [1.29, 1.82) is 0 Å². The summed E-state index contributed by atoms with van der Waals surface area (Å²) in [5.41, 5.74) is 0.611. The molecule has 66 valence electrons. The van der Waals surface area contributed by atoms with Gasteiger partial charge in [-0.25, -0.2) is 0 Å². The lowest BCUT2D eigenvalue weighted by atomic mass is 10.2. The van der Waals surface area contributed by atoms with Crippen LogP contribution in [0.1, 0.15) is 18.2 Å². The molecular weight excluding hydrogens is 160 g/mol. The number of hydrogen-bond donors (Lipinski definition) is 2. The van der Waals surface area contributed by atoms with Crippen LogP contribution in [-0.4, -0.2) is 28.4 Å². The van der Waals surface area contributed by atoms with Crippen molar-refractivity contribution in [3.05, 3.63) is 18.0 Å². The molecule has 0 aliphatic rings. The van der Waals surface area contributed by atoms with Crippen molar-refractivity contribution in [3.63, 3.8) is 0 Å². The molecule has 0 saturated heterocycles. The van der Waals surface area contributed by atoms with Crippen molar-refractivity contribution in [2.45, 2.75) is 12.5 Å². The quantitative estimate of drug-likeness (QED) is 0.692. The highest BCUT2D eigenvalue weighted by Crippen LogP contribution is 2.16. The third kappa shape index (κ3) is 2.06. The minimum absolute atomic E-state index is 0.0681. The lowest BCUT2D eigenvalue weighted by Gasteiger charge is -2.08. The molecule has 1 aromatic rings. The second kappa shape index (κ2) is 3.87. The maximum atomic E-state index is 10.3. The molecule has 0 aromatic carbocycles. The molecular formula is C7H10N2O3. The van der Waals surface area contributed by atoms with Crippen LogP contribution in [0.15, 0.2) is 12.3 Å². The second-order valence-corrected chi connectivity index (χ2v) is 2.32. The lowest BCUT2D eigenvalue weighted by Crippen LogP contribution is -2.08. The molecule has 5 nitrogen and oxygen atoms in total. The van der Waals surface area contributed by atoms with Crippen LogP contribution in [0.3, 0.4) is 0 Å². The summed E-state index contributed by atoms with van der Waals surface area (Å²) in [6, 6.07) is 1.69. The molecule has 0 amide bonds. The van der Waals surface area contributed by atoms with Gasteiger partial charge in [0.1, 0.15) is 6.10 Å². The summed E-state index contributed by atoms with van der Waals surface area (Å²) in [4.78, 5) is 10.3. The Balaban J connectivity index is 2.63. The molecule has 0 bridgehead atoms. The summed E-state index contributed by atoms with van der Waals surface area (Å²) in [6.45, 7) is 0. The average molecular weight is 170 g/mol. The zero-order valence-electron chi connectivity index (χ0n) is 6.65. The van der Waals surface area contributed by atoms with Gasteiger partial charge in [-0.15, -0.1) is 0 Å². The smallest absolute Gasteiger partial charge is 0.306 e. The lowest BCUT2D eigenvalue weighted by molar-refractivity contribution is -0.139. The van der Waals surface area contributed by atoms with Gasteiger partial charge in [0.05, 0.1) is 12.1 Å². The number of aromatic nitrogens is 2. The van der Waals surface area contributed by atoms with Gasteiger partial charge in [0, 0.05) is 13.3 Å². The van der Waals surface area contributed by atoms with E-state index in [0.29, 0.717) is 5.69 Å². The van der Waals surface area contributed by atoms with E-state index in [1.54, 1.807) is 12.3 Å². The number of carbonyl (C=O) groups is 1. The molecule has 5 heteroatoms. The number of methoxy groups -OCH3 is 1. The number of carboxylic acids is 1. The highest BCUT2D eigenvalue weighted by Gasteiger charge is 2.15. The van der Waals surface area contributed by atoms with E-state index < -0.39 is 12.1 Å². The Morgan fingerprint density at radius 1 is 1.92 bits per heavy atom. The van der Waals surface area contributed by atoms with Gasteiger partial charge >= 0.3 is 5.97 Å². The summed E-state index contributed by atoms with van der Waals surface area (Å²) < 4.78 is 4.94. The first-order valence-electron chi connectivity index (χ1n) is 3.48. The maximum absolute atomic E-state index is 10.3. The Bertz CT molecular complexity index is 245. The van der Waals surface area contributed by atoms with Gasteiger partial charge in [-0.05, 0) is 6.07 Å². The van der Waals surface area contributed by atoms with E-state index in [-0.39, 0.29) is 6.42 Å². The first-order valence-corrected chi connectivity index (χ1v) is 3.48. The van der Waals surface area contributed by atoms with E-state index in [0.717, 1.165) is 0 Å². The normalized spacial score (nSPS) is 12.8. The molecule has 1 rings (SSSR count). The summed E-state index contributed by atoms with van der Waals surface area (Å²) in [7, 11) is 1.46. The molecule has 0 fully saturated rings. The van der Waals surface area contributed by atoms with E-state index >= 15 is 0 Å². The van der Waals surface area contributed by atoms with Crippen LogP contribution in [0.4, 0.5) is 0 Å². The van der Waals surface area contributed by atoms with Crippen molar-refractivity contribution in [2.24, 2.45) is 0 Å². The summed E-state index contributed by atoms with van der Waals surface area (Å²) in [5.74, 6) is -0.898. The molecule has 1 unspecified atom stereocenters. The van der Waals surface area contributed by atoms with Crippen LogP contribution in [0.2, 0.25) is 0 Å². The molecule has 1 aromatic heterocycles. The predicted molar refractivity (Wildman–Crippen MR) is 40.6 cm³/mol. The molecule has 1 heterocycles. The molecule has 2 N–H and O–H groups in total. The van der Waals surface area contributed by atoms with E-state index in [2.05, 4.69) is 10.2 Å². The number of nitrogens with one attached hydrogen (secondary N) is 1. The molecule has 0 radical (unpaired) electrons. The van der Waals surface area contributed by atoms with Crippen LogP contribution in [0, 0.1) is 0 Å². The van der Waals surface area contributed by atoms with Gasteiger partial charge in [-0.2, -0.15) is 5.10 Å². The molecule has 0 saturated carbocycles. The van der Waals surface area contributed by atoms with Crippen molar-refractivity contribution >= 4 is 5.97 Å². The first-order chi connectivity index (χ1) is 5.74. The number of carboxylic acid groups (broad SMARTS) is 1. The van der Waals surface area contributed by atoms with Gasteiger partial charge in [-0.1, -0.05) is 0 Å². The minimum atomic E-state index is -0.898. The Labute approximate surface area is 69.4 Å². The number of rotatable bonds is 4. The highest BCUT2D eigenvalue weighted by molar-refractivity contribution is 5.67. The zero-order chi connectivity index (χ0) is 8.97. The summed E-state index contributed by atoms with van der Waals surface area (Å²) in [5, 5.41) is 14.9. The molecule has 0 spiro atoms. The molecule has 0 aliphatic heterocycles. The van der Waals surface area contributed by atoms with Crippen LogP contribution in [0.25, 0.3) is 0 Å². The third-order valence-corrected chi connectivity index (χ3v) is 1.50. The van der Waals surface area contributed by atoms with Gasteiger partial charge in [-0.3, -0.25) is 9.89 Å². The molecule has 12 heavy (non-hydrogen) atoms. The first kappa shape index (κ1) is 8.73. The Morgan fingerprint density at radius 3 is 3.08 bits per heavy atom. The van der Waals surface area contributed by atoms with E-state index in [9.17, 15) is 4.79 Å². The topological polar surface area (TPSA) is 75.2 Å². The standard InChI is InChI=1S/C7H10N2O3/c1-12-6(4-7(10)11)5-2-3-8-9-5/h2-3,6H,4H2,1H3,(H,8,9)(H,10,11). The minimum Gasteiger partial charge on any atom is -0.481 e. The van der Waals surface area contributed by atoms with Gasteiger partial charge in [0.25, 0.3) is 0 Å². The fourth-order valence-electron chi connectivity index (χ4n) is 0.918. The monoisotopic (exact) mass is 170 g/mol. The van der Waals surface area contributed by atoms with Gasteiger partial charge in [0.15, 0.2) is 0 Å². The Hall–Kier alpha value is -1.36. The fraction of sp³-hybridized carbons (Fsp3) is 0.429. The van der Waals surface area contributed by atoms with Crippen LogP contribution in [0.5, 0.6) is 0 Å². The number of ether oxygens (including phenoxy) is 1. The number of aromatic amines is 1. The van der Waals surface area contributed by atoms with Crippen molar-refractivity contribution < 1.29 is 14.6 Å². The van der Waals surface area contributed by atoms with Crippen LogP contribution in [-0.2, 0) is 9.53 Å². The third-order valence-electron chi connectivity index (χ3n) is 1.50. The number of H-pyrrole nitrogens is 1. The highest BCUT2D eigenvalue weighted by atomic mass is 16.5. The SMILES string of the molecule is COC(CC(=O)O)c1cc[nH]n1. The van der Waals surface area contributed by atoms with Gasteiger partial charge in [0.2, 0.25) is 0 Å². The number of nitrogens with zero attached hydrogens (tertiary/aromatic N) is 1. The summed E-state index contributed by atoms with van der Waals surface area (Å²) >= 11 is 0. The van der Waals surface area contributed by atoms with Crippen LogP contribution < -0.4 is 0 Å². The molecule has 1 atom stereocenters. The number of aliphatic carboxylic acids is 1.